The fraction of sp³-hybridized carbons (Fsp3) is 0.615. The Morgan fingerprint density at radius 1 is 0.591 bits per heavy atom. The van der Waals surface area contributed by atoms with Crippen LogP contribution in [0, 0.1) is 0 Å². The Kier molecular flexibility index (Phi) is 13.4. The molecular formula is C26H29F11N2O5. The standard InChI is InChI=1S/C26H29F11N2O5/c1-2-3-4-5-6-7-12-41-20-15-38-21(39-16-20)18-8-10-19(11-9-18)42-14-13-40-17-22(27,28)43-25(34,35)26(36,37)44-24(32,33)23(29,30)31/h8-11,15-16H,2-7,12-14,17H2,1H3. The van der Waals surface area contributed by atoms with Gasteiger partial charge in [-0.15, -0.1) is 0 Å². The number of hydrogen-bond donors (Lipinski definition) is 0. The van der Waals surface area contributed by atoms with E-state index in [2.05, 4.69) is 26.4 Å². The van der Waals surface area contributed by atoms with Crippen LogP contribution in [-0.4, -0.2) is 67.0 Å². The molecule has 1 aromatic carbocycles. The highest BCUT2D eigenvalue weighted by Gasteiger charge is 2.72. The Morgan fingerprint density at radius 3 is 1.73 bits per heavy atom. The van der Waals surface area contributed by atoms with Crippen LogP contribution >= 0.6 is 0 Å². The summed E-state index contributed by atoms with van der Waals surface area (Å²) in [5.74, 6) is 1.07. The van der Waals surface area contributed by atoms with Crippen molar-refractivity contribution in [3.8, 4) is 22.9 Å². The first kappa shape index (κ1) is 37.2. The van der Waals surface area contributed by atoms with Gasteiger partial charge in [-0.2, -0.15) is 48.3 Å². The highest BCUT2D eigenvalue weighted by Crippen LogP contribution is 2.47. The summed E-state index contributed by atoms with van der Waals surface area (Å²) in [7, 11) is 0. The first-order valence-corrected chi connectivity index (χ1v) is 13.1. The van der Waals surface area contributed by atoms with E-state index in [1.165, 1.54) is 43.8 Å². The van der Waals surface area contributed by atoms with Gasteiger partial charge < -0.3 is 14.2 Å². The van der Waals surface area contributed by atoms with Crippen LogP contribution in [0.2, 0.25) is 0 Å². The number of rotatable bonds is 20. The Hall–Kier alpha value is -2.99. The third-order valence-electron chi connectivity index (χ3n) is 5.48. The van der Waals surface area contributed by atoms with E-state index in [0.29, 0.717) is 23.7 Å². The first-order valence-electron chi connectivity index (χ1n) is 13.1. The second-order valence-electron chi connectivity index (χ2n) is 9.17. The normalized spacial score (nSPS) is 13.3. The van der Waals surface area contributed by atoms with Crippen molar-refractivity contribution in [3.63, 3.8) is 0 Å². The Labute approximate surface area is 244 Å². The lowest BCUT2D eigenvalue weighted by Crippen LogP contribution is -2.55. The van der Waals surface area contributed by atoms with Crippen LogP contribution in [0.4, 0.5) is 48.3 Å². The van der Waals surface area contributed by atoms with Crippen molar-refractivity contribution in [1.82, 2.24) is 9.97 Å². The van der Waals surface area contributed by atoms with Gasteiger partial charge in [-0.05, 0) is 30.7 Å². The average molecular weight is 659 g/mol. The average Bonchev–Trinajstić information content (AvgIpc) is 2.91. The maximum Gasteiger partial charge on any atom is 0.483 e. The van der Waals surface area contributed by atoms with Crippen molar-refractivity contribution in [2.45, 2.75) is 76.1 Å². The minimum Gasteiger partial charge on any atom is -0.491 e. The molecule has 0 atom stereocenters. The lowest BCUT2D eigenvalue weighted by Gasteiger charge is -2.31. The number of aromatic nitrogens is 2. The predicted octanol–water partition coefficient (Wildman–Crippen LogP) is 8.25. The van der Waals surface area contributed by atoms with Crippen LogP contribution in [0.5, 0.6) is 11.5 Å². The van der Waals surface area contributed by atoms with Crippen molar-refractivity contribution in [2.75, 3.05) is 26.4 Å². The minimum atomic E-state index is -6.85. The summed E-state index contributed by atoms with van der Waals surface area (Å²) in [5, 5.41) is 0. The van der Waals surface area contributed by atoms with Crippen molar-refractivity contribution in [2.24, 2.45) is 0 Å². The lowest BCUT2D eigenvalue weighted by atomic mass is 10.1. The molecule has 0 saturated carbocycles. The maximum absolute atomic E-state index is 13.5. The molecule has 7 nitrogen and oxygen atoms in total. The molecule has 0 amide bonds. The molecule has 1 aromatic heterocycles. The molecule has 18 heteroatoms. The molecule has 0 radical (unpaired) electrons. The van der Waals surface area contributed by atoms with Gasteiger partial charge in [0.15, 0.2) is 11.6 Å². The second-order valence-corrected chi connectivity index (χ2v) is 9.17. The zero-order valence-electron chi connectivity index (χ0n) is 23.1. The van der Waals surface area contributed by atoms with E-state index in [0.717, 1.165) is 19.3 Å². The van der Waals surface area contributed by atoms with Crippen LogP contribution in [0.25, 0.3) is 11.4 Å². The van der Waals surface area contributed by atoms with Gasteiger partial charge in [-0.3, -0.25) is 0 Å². The number of halogens is 11. The van der Waals surface area contributed by atoms with Crippen molar-refractivity contribution in [3.05, 3.63) is 36.7 Å². The largest absolute Gasteiger partial charge is 0.491 e. The smallest absolute Gasteiger partial charge is 0.483 e. The van der Waals surface area contributed by atoms with E-state index >= 15 is 0 Å². The fourth-order valence-corrected chi connectivity index (χ4v) is 3.28. The van der Waals surface area contributed by atoms with Gasteiger partial charge in [0.05, 0.1) is 25.6 Å². The molecule has 1 heterocycles. The van der Waals surface area contributed by atoms with E-state index in [9.17, 15) is 48.3 Å². The van der Waals surface area contributed by atoms with Gasteiger partial charge in [0, 0.05) is 5.56 Å². The summed E-state index contributed by atoms with van der Waals surface area (Å²) >= 11 is 0. The van der Waals surface area contributed by atoms with Crippen LogP contribution in [0.1, 0.15) is 45.4 Å². The van der Waals surface area contributed by atoms with Gasteiger partial charge in [0.1, 0.15) is 19.0 Å². The number of hydrogen-bond acceptors (Lipinski definition) is 7. The summed E-state index contributed by atoms with van der Waals surface area (Å²) in [5.41, 5.74) is 0.586. The number of unbranched alkanes of at least 4 members (excludes halogenated alkanes) is 5. The third-order valence-corrected chi connectivity index (χ3v) is 5.48. The molecule has 2 aromatic rings. The molecule has 250 valence electrons. The number of nitrogens with zero attached hydrogens (tertiary/aromatic N) is 2. The summed E-state index contributed by atoms with van der Waals surface area (Å²) in [4.78, 5) is 8.44. The predicted molar refractivity (Wildman–Crippen MR) is 131 cm³/mol. The summed E-state index contributed by atoms with van der Waals surface area (Å²) in [6, 6.07) is 6.05. The Morgan fingerprint density at radius 2 is 1.14 bits per heavy atom. The van der Waals surface area contributed by atoms with Crippen molar-refractivity contribution < 1.29 is 72.0 Å². The third kappa shape index (κ3) is 11.8. The van der Waals surface area contributed by atoms with Crippen LogP contribution < -0.4 is 9.47 Å². The summed E-state index contributed by atoms with van der Waals surface area (Å²) < 4.78 is 160. The van der Waals surface area contributed by atoms with Crippen LogP contribution in [-0.2, 0) is 14.2 Å². The quantitative estimate of drug-likeness (QED) is 0.105. The fourth-order valence-electron chi connectivity index (χ4n) is 3.28. The van der Waals surface area contributed by atoms with E-state index in [4.69, 9.17) is 9.47 Å². The highest BCUT2D eigenvalue weighted by molar-refractivity contribution is 5.56. The van der Waals surface area contributed by atoms with E-state index in [-0.39, 0.29) is 5.75 Å². The molecule has 0 aliphatic rings. The van der Waals surface area contributed by atoms with Crippen LogP contribution in [0.3, 0.4) is 0 Å². The molecule has 0 fully saturated rings. The number of alkyl halides is 11. The molecule has 0 bridgehead atoms. The van der Waals surface area contributed by atoms with E-state index in [1.807, 2.05) is 0 Å². The molecule has 0 saturated heterocycles. The minimum absolute atomic E-state index is 0.202. The maximum atomic E-state index is 13.5. The van der Waals surface area contributed by atoms with Gasteiger partial charge in [-0.25, -0.2) is 19.4 Å². The number of benzene rings is 1. The van der Waals surface area contributed by atoms with Gasteiger partial charge in [0.2, 0.25) is 0 Å². The molecular weight excluding hydrogens is 629 g/mol. The Balaban J connectivity index is 1.75. The van der Waals surface area contributed by atoms with E-state index in [1.54, 1.807) is 16.9 Å². The molecule has 44 heavy (non-hydrogen) atoms. The topological polar surface area (TPSA) is 71.9 Å². The monoisotopic (exact) mass is 658 g/mol. The Bertz CT molecular complexity index is 1120. The van der Waals surface area contributed by atoms with Gasteiger partial charge in [0.25, 0.3) is 0 Å². The lowest BCUT2D eigenvalue weighted by molar-refractivity contribution is -0.537. The molecule has 0 spiro atoms. The first-order chi connectivity index (χ1) is 20.4. The van der Waals surface area contributed by atoms with Gasteiger partial charge in [-0.1, -0.05) is 39.0 Å². The van der Waals surface area contributed by atoms with Gasteiger partial charge >= 0.3 is 30.6 Å². The SMILES string of the molecule is CCCCCCCCOc1cnc(-c2ccc(OCCOCC(F)(F)OC(F)(F)C(F)(F)OC(F)(F)C(F)(F)F)cc2)nc1. The number of ether oxygens (including phenoxy) is 5. The van der Waals surface area contributed by atoms with Crippen LogP contribution in [0.15, 0.2) is 36.7 Å². The van der Waals surface area contributed by atoms with E-state index < -0.39 is 50.4 Å². The molecule has 0 aliphatic carbocycles. The zero-order valence-corrected chi connectivity index (χ0v) is 23.1. The highest BCUT2D eigenvalue weighted by atomic mass is 19.4. The molecule has 0 unspecified atom stereocenters. The molecule has 2 rings (SSSR count). The summed E-state index contributed by atoms with van der Waals surface area (Å²) in [6.07, 6.45) is -22.6. The zero-order chi connectivity index (χ0) is 33.1. The van der Waals surface area contributed by atoms with Crippen molar-refractivity contribution >= 4 is 0 Å². The molecule has 0 aliphatic heterocycles. The second kappa shape index (κ2) is 15.8. The molecule has 0 N–H and O–H groups in total. The van der Waals surface area contributed by atoms with Crippen molar-refractivity contribution in [1.29, 1.82) is 0 Å². The summed E-state index contributed by atoms with van der Waals surface area (Å²) in [6.45, 7) is -0.612.